The first-order valence-corrected chi connectivity index (χ1v) is 8.49. The number of nitrogens with one attached hydrogen (secondary N) is 2. The number of anilines is 1. The Bertz CT molecular complexity index is 767. The summed E-state index contributed by atoms with van der Waals surface area (Å²) in [6.45, 7) is 2.64. The van der Waals surface area contributed by atoms with Crippen LogP contribution in [0.3, 0.4) is 0 Å². The second-order valence-electron chi connectivity index (χ2n) is 6.49. The minimum absolute atomic E-state index is 0.109. The number of carbonyl (C=O) groups excluding carboxylic acids is 1. The van der Waals surface area contributed by atoms with E-state index in [-0.39, 0.29) is 17.9 Å². The van der Waals surface area contributed by atoms with Crippen LogP contribution in [-0.4, -0.2) is 17.0 Å². The van der Waals surface area contributed by atoms with Crippen molar-refractivity contribution in [2.45, 2.75) is 32.4 Å². The van der Waals surface area contributed by atoms with Gasteiger partial charge >= 0.3 is 5.97 Å². The monoisotopic (exact) mass is 338 g/mol. The largest absolute Gasteiger partial charge is 0.478 e. The Balaban J connectivity index is 1.55. The topological polar surface area (TPSA) is 78.4 Å². The van der Waals surface area contributed by atoms with Gasteiger partial charge < -0.3 is 15.7 Å². The number of aromatic carboxylic acids is 1. The summed E-state index contributed by atoms with van der Waals surface area (Å²) in [5, 5.41) is 15.4. The first-order chi connectivity index (χ1) is 12.0. The van der Waals surface area contributed by atoms with Crippen molar-refractivity contribution < 1.29 is 14.7 Å². The van der Waals surface area contributed by atoms with Gasteiger partial charge in [-0.25, -0.2) is 4.79 Å². The van der Waals surface area contributed by atoms with Crippen LogP contribution in [0.5, 0.6) is 0 Å². The number of benzene rings is 2. The smallest absolute Gasteiger partial charge is 0.335 e. The zero-order chi connectivity index (χ0) is 17.8. The molecule has 25 heavy (non-hydrogen) atoms. The van der Waals surface area contributed by atoms with Gasteiger partial charge in [0.05, 0.1) is 5.56 Å². The summed E-state index contributed by atoms with van der Waals surface area (Å²) in [5.41, 5.74) is 3.16. The third-order valence-corrected chi connectivity index (χ3v) is 4.41. The van der Waals surface area contributed by atoms with Crippen LogP contribution in [0.2, 0.25) is 0 Å². The molecule has 5 heteroatoms. The Morgan fingerprint density at radius 1 is 1.16 bits per heavy atom. The van der Waals surface area contributed by atoms with E-state index < -0.39 is 5.97 Å². The molecular formula is C20H22N2O3. The van der Waals surface area contributed by atoms with Crippen LogP contribution in [0.15, 0.2) is 48.5 Å². The molecule has 1 unspecified atom stereocenters. The van der Waals surface area contributed by atoms with Crippen LogP contribution in [-0.2, 0) is 11.3 Å². The lowest BCUT2D eigenvalue weighted by Gasteiger charge is -2.15. The Hall–Kier alpha value is -2.66. The second kappa shape index (κ2) is 7.49. The molecule has 2 aromatic carbocycles. The normalized spacial score (nSPS) is 14.8. The fourth-order valence-electron chi connectivity index (χ4n) is 2.65. The fourth-order valence-corrected chi connectivity index (χ4v) is 2.65. The zero-order valence-electron chi connectivity index (χ0n) is 14.2. The molecule has 3 rings (SSSR count). The fraction of sp³-hybridized carbons (Fsp3) is 0.300. The van der Waals surface area contributed by atoms with E-state index in [0.29, 0.717) is 12.1 Å². The lowest BCUT2D eigenvalue weighted by atomic mass is 10.1. The molecule has 1 aliphatic carbocycles. The number of hydrogen-bond donors (Lipinski definition) is 3. The minimum atomic E-state index is -0.918. The Morgan fingerprint density at radius 3 is 2.52 bits per heavy atom. The van der Waals surface area contributed by atoms with Gasteiger partial charge in [0, 0.05) is 24.2 Å². The maximum Gasteiger partial charge on any atom is 0.335 e. The molecule has 1 saturated carbocycles. The van der Waals surface area contributed by atoms with Crippen molar-refractivity contribution in [1.82, 2.24) is 5.32 Å². The van der Waals surface area contributed by atoms with Gasteiger partial charge in [0.1, 0.15) is 0 Å². The molecule has 0 radical (unpaired) electrons. The van der Waals surface area contributed by atoms with Crippen molar-refractivity contribution in [2.24, 2.45) is 5.92 Å². The van der Waals surface area contributed by atoms with Crippen LogP contribution < -0.4 is 10.6 Å². The highest BCUT2D eigenvalue weighted by atomic mass is 16.4. The molecule has 1 amide bonds. The van der Waals surface area contributed by atoms with E-state index >= 15 is 0 Å². The minimum Gasteiger partial charge on any atom is -0.478 e. The average molecular weight is 338 g/mol. The van der Waals surface area contributed by atoms with Crippen LogP contribution in [0.1, 0.15) is 47.3 Å². The number of amides is 1. The van der Waals surface area contributed by atoms with E-state index in [9.17, 15) is 9.59 Å². The van der Waals surface area contributed by atoms with Crippen molar-refractivity contribution in [1.29, 1.82) is 0 Å². The van der Waals surface area contributed by atoms with E-state index in [4.69, 9.17) is 5.11 Å². The van der Waals surface area contributed by atoms with Crippen LogP contribution in [0.4, 0.5) is 5.69 Å². The SMILES string of the molecule is CC(NCc1cccc(C(=O)O)c1)c1ccc(NC(=O)C2CC2)cc1. The Morgan fingerprint density at radius 2 is 1.88 bits per heavy atom. The van der Waals surface area contributed by atoms with Crippen LogP contribution in [0, 0.1) is 5.92 Å². The molecule has 2 aromatic rings. The Labute approximate surface area is 147 Å². The van der Waals surface area contributed by atoms with Gasteiger partial charge in [-0.15, -0.1) is 0 Å². The van der Waals surface area contributed by atoms with E-state index in [1.54, 1.807) is 18.2 Å². The highest BCUT2D eigenvalue weighted by Gasteiger charge is 2.29. The second-order valence-corrected chi connectivity index (χ2v) is 6.49. The van der Waals surface area contributed by atoms with Gasteiger partial charge in [-0.3, -0.25) is 4.79 Å². The third kappa shape index (κ3) is 4.67. The number of rotatable bonds is 7. The van der Waals surface area contributed by atoms with E-state index in [1.807, 2.05) is 30.3 Å². The summed E-state index contributed by atoms with van der Waals surface area (Å²) in [4.78, 5) is 22.8. The summed E-state index contributed by atoms with van der Waals surface area (Å²) in [6, 6.07) is 14.9. The molecule has 0 aromatic heterocycles. The first kappa shape index (κ1) is 17.2. The molecule has 3 N–H and O–H groups in total. The van der Waals surface area contributed by atoms with Crippen LogP contribution in [0.25, 0.3) is 0 Å². The summed E-state index contributed by atoms with van der Waals surface area (Å²) in [7, 11) is 0. The molecule has 5 nitrogen and oxygen atoms in total. The van der Waals surface area contributed by atoms with Crippen molar-refractivity contribution in [3.8, 4) is 0 Å². The number of carbonyl (C=O) groups is 2. The predicted molar refractivity (Wildman–Crippen MR) is 96.5 cm³/mol. The highest BCUT2D eigenvalue weighted by molar-refractivity contribution is 5.94. The molecule has 1 atom stereocenters. The maximum absolute atomic E-state index is 11.8. The molecule has 0 spiro atoms. The van der Waals surface area contributed by atoms with Crippen molar-refractivity contribution in [2.75, 3.05) is 5.32 Å². The predicted octanol–water partition coefficient (Wildman–Crippen LogP) is 3.58. The van der Waals surface area contributed by atoms with E-state index in [1.165, 1.54) is 0 Å². The lowest BCUT2D eigenvalue weighted by molar-refractivity contribution is -0.117. The van der Waals surface area contributed by atoms with E-state index in [2.05, 4.69) is 17.6 Å². The quantitative estimate of drug-likeness (QED) is 0.721. The molecule has 0 aliphatic heterocycles. The molecular weight excluding hydrogens is 316 g/mol. The molecule has 0 heterocycles. The van der Waals surface area contributed by atoms with Gasteiger partial charge in [-0.05, 0) is 55.2 Å². The summed E-state index contributed by atoms with van der Waals surface area (Å²) < 4.78 is 0. The van der Waals surface area contributed by atoms with Crippen molar-refractivity contribution in [3.63, 3.8) is 0 Å². The standard InChI is InChI=1S/C20H22N2O3/c1-13(21-12-14-3-2-4-17(11-14)20(24)25)15-7-9-18(10-8-15)22-19(23)16-5-6-16/h2-4,7-11,13,16,21H,5-6,12H2,1H3,(H,22,23)(H,24,25). The van der Waals surface area contributed by atoms with Gasteiger partial charge in [0.2, 0.25) is 5.91 Å². The molecule has 1 aliphatic rings. The van der Waals surface area contributed by atoms with E-state index in [0.717, 1.165) is 29.7 Å². The summed E-state index contributed by atoms with van der Waals surface area (Å²) in [6.07, 6.45) is 1.99. The number of carboxylic acids is 1. The molecule has 130 valence electrons. The summed E-state index contributed by atoms with van der Waals surface area (Å²) in [5.74, 6) is -0.613. The number of carboxylic acid groups (broad SMARTS) is 1. The first-order valence-electron chi connectivity index (χ1n) is 8.49. The van der Waals surface area contributed by atoms with Crippen LogP contribution >= 0.6 is 0 Å². The van der Waals surface area contributed by atoms with Crippen molar-refractivity contribution >= 4 is 17.6 Å². The molecule has 1 fully saturated rings. The van der Waals surface area contributed by atoms with Crippen molar-refractivity contribution in [3.05, 3.63) is 65.2 Å². The Kier molecular flexibility index (Phi) is 5.14. The maximum atomic E-state index is 11.8. The van der Waals surface area contributed by atoms with Gasteiger partial charge in [-0.1, -0.05) is 24.3 Å². The van der Waals surface area contributed by atoms with Gasteiger partial charge in [0.25, 0.3) is 0 Å². The third-order valence-electron chi connectivity index (χ3n) is 4.41. The van der Waals surface area contributed by atoms with Gasteiger partial charge in [-0.2, -0.15) is 0 Å². The summed E-state index contributed by atoms with van der Waals surface area (Å²) >= 11 is 0. The lowest BCUT2D eigenvalue weighted by Crippen LogP contribution is -2.18. The average Bonchev–Trinajstić information content (AvgIpc) is 3.46. The molecule has 0 saturated heterocycles. The zero-order valence-corrected chi connectivity index (χ0v) is 14.2. The highest BCUT2D eigenvalue weighted by Crippen LogP contribution is 2.30. The molecule has 0 bridgehead atoms. The number of hydrogen-bond acceptors (Lipinski definition) is 3. The van der Waals surface area contributed by atoms with Gasteiger partial charge in [0.15, 0.2) is 0 Å².